The number of hydrogen-bond donors (Lipinski definition) is 2. The summed E-state index contributed by atoms with van der Waals surface area (Å²) in [7, 11) is 0. The largest absolute Gasteiger partial charge is 0.449 e. The highest BCUT2D eigenvalue weighted by molar-refractivity contribution is 5.96. The Kier molecular flexibility index (Phi) is 6.49. The van der Waals surface area contributed by atoms with E-state index in [0.717, 1.165) is 5.56 Å². The molecule has 0 aliphatic heterocycles. The van der Waals surface area contributed by atoms with Gasteiger partial charge in [0.2, 0.25) is 0 Å². The van der Waals surface area contributed by atoms with Gasteiger partial charge in [-0.1, -0.05) is 44.2 Å². The number of benzene rings is 2. The Morgan fingerprint density at radius 3 is 2.00 bits per heavy atom. The number of amides is 2. The molecule has 6 heteroatoms. The molecule has 0 heterocycles. The van der Waals surface area contributed by atoms with E-state index in [1.54, 1.807) is 42.5 Å². The minimum absolute atomic E-state index is 0.359. The van der Waals surface area contributed by atoms with Gasteiger partial charge in [0.1, 0.15) is 0 Å². The molecule has 0 radical (unpaired) electrons. The van der Waals surface area contributed by atoms with Crippen molar-refractivity contribution in [3.63, 3.8) is 0 Å². The van der Waals surface area contributed by atoms with Crippen molar-refractivity contribution in [3.05, 3.63) is 71.3 Å². The predicted octanol–water partition coefficient (Wildman–Crippen LogP) is 2.82. The van der Waals surface area contributed by atoms with Gasteiger partial charge in [-0.25, -0.2) is 4.79 Å². The molecule has 2 rings (SSSR count). The van der Waals surface area contributed by atoms with E-state index in [4.69, 9.17) is 4.74 Å². The highest BCUT2D eigenvalue weighted by atomic mass is 16.5. The van der Waals surface area contributed by atoms with Gasteiger partial charge in [0, 0.05) is 5.56 Å². The van der Waals surface area contributed by atoms with Crippen LogP contribution in [0.4, 0.5) is 0 Å². The van der Waals surface area contributed by atoms with Crippen molar-refractivity contribution in [2.45, 2.75) is 32.8 Å². The maximum absolute atomic E-state index is 12.1. The summed E-state index contributed by atoms with van der Waals surface area (Å²) in [4.78, 5) is 36.0. The molecule has 2 aromatic rings. The monoisotopic (exact) mass is 354 g/mol. The van der Waals surface area contributed by atoms with Crippen molar-refractivity contribution in [3.8, 4) is 0 Å². The molecule has 0 bridgehead atoms. The molecule has 0 aliphatic rings. The molecule has 0 saturated heterocycles. The van der Waals surface area contributed by atoms with E-state index in [2.05, 4.69) is 24.7 Å². The number of hydrogen-bond acceptors (Lipinski definition) is 4. The minimum Gasteiger partial charge on any atom is -0.449 e. The van der Waals surface area contributed by atoms with E-state index in [9.17, 15) is 14.4 Å². The third-order valence-corrected chi connectivity index (χ3v) is 3.80. The average Bonchev–Trinajstić information content (AvgIpc) is 2.66. The maximum Gasteiger partial charge on any atom is 0.338 e. The van der Waals surface area contributed by atoms with Gasteiger partial charge in [-0.15, -0.1) is 0 Å². The van der Waals surface area contributed by atoms with Crippen molar-refractivity contribution < 1.29 is 19.1 Å². The molecule has 0 unspecified atom stereocenters. The summed E-state index contributed by atoms with van der Waals surface area (Å²) >= 11 is 0. The summed E-state index contributed by atoms with van der Waals surface area (Å²) in [5.41, 5.74) is 6.40. The molecule has 0 fully saturated rings. The summed E-state index contributed by atoms with van der Waals surface area (Å²) in [6.07, 6.45) is -1.05. The van der Waals surface area contributed by atoms with Crippen LogP contribution in [0.5, 0.6) is 0 Å². The second kappa shape index (κ2) is 8.80. The summed E-state index contributed by atoms with van der Waals surface area (Å²) in [6, 6.07) is 15.5. The zero-order chi connectivity index (χ0) is 19.1. The highest BCUT2D eigenvalue weighted by Crippen LogP contribution is 2.15. The highest BCUT2D eigenvalue weighted by Gasteiger charge is 2.19. The number of ether oxygens (including phenoxy) is 1. The summed E-state index contributed by atoms with van der Waals surface area (Å²) in [5, 5.41) is 0. The molecule has 2 amide bonds. The first-order valence-corrected chi connectivity index (χ1v) is 8.34. The summed E-state index contributed by atoms with van der Waals surface area (Å²) in [5.74, 6) is -1.32. The van der Waals surface area contributed by atoms with Crippen LogP contribution in [0.25, 0.3) is 0 Å². The third-order valence-electron chi connectivity index (χ3n) is 3.80. The molecule has 0 saturated carbocycles. The fourth-order valence-corrected chi connectivity index (χ4v) is 2.17. The molecule has 26 heavy (non-hydrogen) atoms. The van der Waals surface area contributed by atoms with Gasteiger partial charge in [0.05, 0.1) is 5.56 Å². The fraction of sp³-hybridized carbons (Fsp3) is 0.250. The zero-order valence-corrected chi connectivity index (χ0v) is 15.0. The molecule has 0 spiro atoms. The molecule has 0 aliphatic carbocycles. The van der Waals surface area contributed by atoms with Crippen LogP contribution in [0.2, 0.25) is 0 Å². The normalized spacial score (nSPS) is 11.5. The summed E-state index contributed by atoms with van der Waals surface area (Å²) in [6.45, 7) is 5.55. The lowest BCUT2D eigenvalue weighted by Crippen LogP contribution is -2.46. The van der Waals surface area contributed by atoms with Crippen LogP contribution in [0.15, 0.2) is 54.6 Å². The topological polar surface area (TPSA) is 84.5 Å². The van der Waals surface area contributed by atoms with Gasteiger partial charge in [0.15, 0.2) is 6.10 Å². The van der Waals surface area contributed by atoms with Crippen molar-refractivity contribution in [2.24, 2.45) is 0 Å². The SMILES string of the molecule is CC(C)c1ccc(C(=O)O[C@H](C)C(=O)NNC(=O)c2ccccc2)cc1. The Morgan fingerprint density at radius 2 is 1.42 bits per heavy atom. The Bertz CT molecular complexity index is 770. The maximum atomic E-state index is 12.1. The molecular weight excluding hydrogens is 332 g/mol. The van der Waals surface area contributed by atoms with E-state index < -0.39 is 23.9 Å². The van der Waals surface area contributed by atoms with Crippen molar-refractivity contribution >= 4 is 17.8 Å². The molecule has 136 valence electrons. The van der Waals surface area contributed by atoms with Gasteiger partial charge in [-0.05, 0) is 42.7 Å². The smallest absolute Gasteiger partial charge is 0.338 e. The third kappa shape index (κ3) is 5.17. The first kappa shape index (κ1) is 19.2. The second-order valence-electron chi connectivity index (χ2n) is 6.13. The van der Waals surface area contributed by atoms with Crippen LogP contribution in [-0.2, 0) is 9.53 Å². The van der Waals surface area contributed by atoms with E-state index >= 15 is 0 Å². The van der Waals surface area contributed by atoms with E-state index in [1.807, 2.05) is 12.1 Å². The molecule has 2 aromatic carbocycles. The van der Waals surface area contributed by atoms with E-state index in [1.165, 1.54) is 6.92 Å². The fourth-order valence-electron chi connectivity index (χ4n) is 2.17. The van der Waals surface area contributed by atoms with Crippen molar-refractivity contribution in [1.29, 1.82) is 0 Å². The van der Waals surface area contributed by atoms with Crippen LogP contribution in [0.3, 0.4) is 0 Å². The van der Waals surface area contributed by atoms with Crippen LogP contribution in [0, 0.1) is 0 Å². The molecule has 1 atom stereocenters. The van der Waals surface area contributed by atoms with Crippen LogP contribution >= 0.6 is 0 Å². The van der Waals surface area contributed by atoms with Crippen LogP contribution in [0.1, 0.15) is 53.0 Å². The Morgan fingerprint density at radius 1 is 0.808 bits per heavy atom. The Hall–Kier alpha value is -3.15. The van der Waals surface area contributed by atoms with E-state index in [0.29, 0.717) is 17.0 Å². The quantitative estimate of drug-likeness (QED) is 0.639. The van der Waals surface area contributed by atoms with Gasteiger partial charge >= 0.3 is 5.97 Å². The van der Waals surface area contributed by atoms with Crippen molar-refractivity contribution in [2.75, 3.05) is 0 Å². The number of carbonyl (C=O) groups excluding carboxylic acids is 3. The van der Waals surface area contributed by atoms with Gasteiger partial charge in [-0.2, -0.15) is 0 Å². The lowest BCUT2D eigenvalue weighted by atomic mass is 10.0. The molecule has 6 nitrogen and oxygen atoms in total. The first-order valence-electron chi connectivity index (χ1n) is 8.34. The van der Waals surface area contributed by atoms with E-state index in [-0.39, 0.29) is 0 Å². The molecular formula is C20H22N2O4. The summed E-state index contributed by atoms with van der Waals surface area (Å²) < 4.78 is 5.13. The number of carbonyl (C=O) groups is 3. The Labute approximate surface area is 152 Å². The number of rotatable bonds is 5. The second-order valence-corrected chi connectivity index (χ2v) is 6.13. The average molecular weight is 354 g/mol. The van der Waals surface area contributed by atoms with Crippen LogP contribution in [-0.4, -0.2) is 23.9 Å². The zero-order valence-electron chi connectivity index (χ0n) is 15.0. The standard InChI is InChI=1S/C20H22N2O4/c1-13(2)15-9-11-17(12-10-15)20(25)26-14(3)18(23)21-22-19(24)16-7-5-4-6-8-16/h4-14H,1-3H3,(H,21,23)(H,22,24)/t14-/m1/s1. The predicted molar refractivity (Wildman–Crippen MR) is 97.5 cm³/mol. The minimum atomic E-state index is -1.05. The van der Waals surface area contributed by atoms with Crippen molar-refractivity contribution in [1.82, 2.24) is 10.9 Å². The Balaban J connectivity index is 1.86. The number of nitrogens with one attached hydrogen (secondary N) is 2. The number of hydrazine groups is 1. The lowest BCUT2D eigenvalue weighted by molar-refractivity contribution is -0.129. The first-order chi connectivity index (χ1) is 12.4. The lowest BCUT2D eigenvalue weighted by Gasteiger charge is -2.14. The van der Waals surface area contributed by atoms with Gasteiger partial charge in [0.25, 0.3) is 11.8 Å². The van der Waals surface area contributed by atoms with Gasteiger partial charge in [-0.3, -0.25) is 20.4 Å². The molecule has 0 aromatic heterocycles. The number of esters is 1. The van der Waals surface area contributed by atoms with Gasteiger partial charge < -0.3 is 4.74 Å². The molecule has 2 N–H and O–H groups in total. The van der Waals surface area contributed by atoms with Crippen LogP contribution < -0.4 is 10.9 Å².